The molecule has 0 aliphatic carbocycles. The Morgan fingerprint density at radius 2 is 1.59 bits per heavy atom. The molecule has 1 aromatic heterocycles. The maximum absolute atomic E-state index is 12.8. The Labute approximate surface area is 174 Å². The van der Waals surface area contributed by atoms with Crippen molar-refractivity contribution >= 4 is 33.0 Å². The predicted octanol–water partition coefficient (Wildman–Crippen LogP) is 3.40. The average Bonchev–Trinajstić information content (AvgIpc) is 3.28. The summed E-state index contributed by atoms with van der Waals surface area (Å²) >= 11 is 1.10. The minimum absolute atomic E-state index is 0.175. The van der Waals surface area contributed by atoms with Crippen molar-refractivity contribution in [3.8, 4) is 0 Å². The Bertz CT molecular complexity index is 1020. The smallest absolute Gasteiger partial charge is 0.253 e. The van der Waals surface area contributed by atoms with Gasteiger partial charge in [-0.05, 0) is 29.1 Å². The quantitative estimate of drug-likeness (QED) is 0.510. The molecule has 0 bridgehead atoms. The fourth-order valence-electron chi connectivity index (χ4n) is 2.94. The van der Waals surface area contributed by atoms with Gasteiger partial charge in [0.1, 0.15) is 10.3 Å². The van der Waals surface area contributed by atoms with Crippen LogP contribution in [0.15, 0.2) is 82.4 Å². The highest BCUT2D eigenvalue weighted by Gasteiger charge is 2.33. The van der Waals surface area contributed by atoms with E-state index < -0.39 is 34.0 Å². The van der Waals surface area contributed by atoms with Crippen LogP contribution in [0.2, 0.25) is 0 Å². The molecule has 1 amide bonds. The number of aliphatic hydroxyl groups is 1. The van der Waals surface area contributed by atoms with Crippen LogP contribution < -0.4 is 10.0 Å². The monoisotopic (exact) mass is 430 g/mol. The van der Waals surface area contributed by atoms with Gasteiger partial charge < -0.3 is 10.4 Å². The van der Waals surface area contributed by atoms with E-state index in [1.165, 1.54) is 6.07 Å². The van der Waals surface area contributed by atoms with Crippen molar-refractivity contribution in [3.05, 3.63) is 83.7 Å². The largest absolute Gasteiger partial charge is 0.383 e. The van der Waals surface area contributed by atoms with Crippen molar-refractivity contribution < 1.29 is 18.3 Å². The molecule has 2 aromatic carbocycles. The van der Waals surface area contributed by atoms with Crippen LogP contribution >= 0.6 is 11.3 Å². The molecule has 8 heteroatoms. The van der Waals surface area contributed by atoms with Gasteiger partial charge >= 0.3 is 0 Å². The summed E-state index contributed by atoms with van der Waals surface area (Å²) in [6.45, 7) is 1.64. The van der Waals surface area contributed by atoms with E-state index in [1.54, 1.807) is 66.9 Å². The summed E-state index contributed by atoms with van der Waals surface area (Å²) in [6, 6.07) is 20.1. The Morgan fingerprint density at radius 1 is 0.966 bits per heavy atom. The molecule has 3 aromatic rings. The standard InChI is InChI=1S/C21H22N2O4S2/c1-15(20(24)21(25)22-17-11-6-3-7-12-17)19(16-9-4-2-5-10-16)23-29(26,27)18-13-8-14-28-18/h2-15,19-20,23-24H,1H3,(H,22,25)/t15-,19-,20-/m1/s1. The van der Waals surface area contributed by atoms with Gasteiger partial charge in [-0.3, -0.25) is 4.79 Å². The first kappa shape index (κ1) is 21.2. The Hall–Kier alpha value is -2.52. The number of rotatable bonds is 8. The number of aliphatic hydroxyl groups excluding tert-OH is 1. The molecule has 6 nitrogen and oxygen atoms in total. The van der Waals surface area contributed by atoms with Crippen LogP contribution in [0.1, 0.15) is 18.5 Å². The Morgan fingerprint density at radius 3 is 2.17 bits per heavy atom. The highest BCUT2D eigenvalue weighted by Crippen LogP contribution is 2.28. The number of benzene rings is 2. The number of para-hydroxylation sites is 1. The summed E-state index contributed by atoms with van der Waals surface area (Å²) in [7, 11) is -3.80. The number of nitrogens with one attached hydrogen (secondary N) is 2. The molecular formula is C21H22N2O4S2. The minimum Gasteiger partial charge on any atom is -0.383 e. The molecule has 3 N–H and O–H groups in total. The molecule has 152 valence electrons. The van der Waals surface area contributed by atoms with E-state index in [9.17, 15) is 18.3 Å². The van der Waals surface area contributed by atoms with Crippen LogP contribution in [0.25, 0.3) is 0 Å². The van der Waals surface area contributed by atoms with E-state index in [2.05, 4.69) is 10.0 Å². The molecule has 3 atom stereocenters. The molecule has 0 saturated carbocycles. The second-order valence-corrected chi connectivity index (χ2v) is 9.49. The molecule has 3 rings (SSSR count). The topological polar surface area (TPSA) is 95.5 Å². The SMILES string of the molecule is C[C@@H]([C@@H](O)C(=O)Nc1ccccc1)[C@@H](NS(=O)(=O)c1cccs1)c1ccccc1. The van der Waals surface area contributed by atoms with Crippen molar-refractivity contribution in [1.29, 1.82) is 0 Å². The van der Waals surface area contributed by atoms with Gasteiger partial charge in [0.05, 0.1) is 6.04 Å². The van der Waals surface area contributed by atoms with Gasteiger partial charge in [0.15, 0.2) is 0 Å². The number of anilines is 1. The fraction of sp³-hybridized carbons (Fsp3) is 0.190. The second-order valence-electron chi connectivity index (χ2n) is 6.60. The van der Waals surface area contributed by atoms with Gasteiger partial charge in [-0.1, -0.05) is 61.5 Å². The first-order valence-corrected chi connectivity index (χ1v) is 11.4. The van der Waals surface area contributed by atoms with Crippen LogP contribution in [0, 0.1) is 5.92 Å². The van der Waals surface area contributed by atoms with Gasteiger partial charge in [0.25, 0.3) is 15.9 Å². The van der Waals surface area contributed by atoms with E-state index in [0.29, 0.717) is 11.3 Å². The molecule has 29 heavy (non-hydrogen) atoms. The maximum Gasteiger partial charge on any atom is 0.253 e. The highest BCUT2D eigenvalue weighted by atomic mass is 32.2. The van der Waals surface area contributed by atoms with E-state index in [0.717, 1.165) is 11.3 Å². The van der Waals surface area contributed by atoms with Crippen LogP contribution in [-0.4, -0.2) is 25.5 Å². The van der Waals surface area contributed by atoms with Crippen LogP contribution in [-0.2, 0) is 14.8 Å². The fourth-order valence-corrected chi connectivity index (χ4v) is 5.26. The van der Waals surface area contributed by atoms with Gasteiger partial charge in [-0.2, -0.15) is 0 Å². The van der Waals surface area contributed by atoms with Crippen molar-refractivity contribution in [2.24, 2.45) is 5.92 Å². The zero-order valence-corrected chi connectivity index (χ0v) is 17.4. The van der Waals surface area contributed by atoms with Crippen molar-refractivity contribution in [3.63, 3.8) is 0 Å². The molecule has 0 fully saturated rings. The summed E-state index contributed by atoms with van der Waals surface area (Å²) < 4.78 is 28.4. The number of thiophene rings is 1. The van der Waals surface area contributed by atoms with E-state index >= 15 is 0 Å². The van der Waals surface area contributed by atoms with E-state index in [4.69, 9.17) is 0 Å². The lowest BCUT2D eigenvalue weighted by Gasteiger charge is -2.28. The normalized spacial score (nSPS) is 14.7. The average molecular weight is 431 g/mol. The Balaban J connectivity index is 1.84. The molecular weight excluding hydrogens is 408 g/mol. The molecule has 1 heterocycles. The van der Waals surface area contributed by atoms with E-state index in [1.807, 2.05) is 12.1 Å². The van der Waals surface area contributed by atoms with Crippen LogP contribution in [0.3, 0.4) is 0 Å². The van der Waals surface area contributed by atoms with Crippen molar-refractivity contribution in [2.45, 2.75) is 23.3 Å². The molecule has 0 spiro atoms. The van der Waals surface area contributed by atoms with Crippen LogP contribution in [0.4, 0.5) is 5.69 Å². The first-order valence-electron chi connectivity index (χ1n) is 9.03. The van der Waals surface area contributed by atoms with E-state index in [-0.39, 0.29) is 4.21 Å². The van der Waals surface area contributed by atoms with Crippen LogP contribution in [0.5, 0.6) is 0 Å². The number of carbonyl (C=O) groups excluding carboxylic acids is 1. The maximum atomic E-state index is 12.8. The Kier molecular flexibility index (Phi) is 6.81. The molecule has 0 radical (unpaired) electrons. The van der Waals surface area contributed by atoms with Crippen molar-refractivity contribution in [1.82, 2.24) is 4.72 Å². The molecule has 0 saturated heterocycles. The summed E-state index contributed by atoms with van der Waals surface area (Å²) in [5.41, 5.74) is 1.21. The number of sulfonamides is 1. The lowest BCUT2D eigenvalue weighted by molar-refractivity contribution is -0.126. The van der Waals surface area contributed by atoms with Gasteiger partial charge in [0.2, 0.25) is 0 Å². The zero-order chi connectivity index (χ0) is 20.9. The summed E-state index contributed by atoms with van der Waals surface area (Å²) in [4.78, 5) is 12.5. The third-order valence-corrected chi connectivity index (χ3v) is 7.37. The first-order chi connectivity index (χ1) is 13.9. The second kappa shape index (κ2) is 9.32. The number of carbonyl (C=O) groups is 1. The summed E-state index contributed by atoms with van der Waals surface area (Å²) in [5.74, 6) is -1.32. The van der Waals surface area contributed by atoms with Gasteiger partial charge in [-0.25, -0.2) is 13.1 Å². The minimum atomic E-state index is -3.80. The summed E-state index contributed by atoms with van der Waals surface area (Å²) in [6.07, 6.45) is -1.42. The van der Waals surface area contributed by atoms with Gasteiger partial charge in [-0.15, -0.1) is 11.3 Å². The number of hydrogen-bond acceptors (Lipinski definition) is 5. The lowest BCUT2D eigenvalue weighted by Crippen LogP contribution is -2.42. The zero-order valence-electron chi connectivity index (χ0n) is 15.7. The van der Waals surface area contributed by atoms with Gasteiger partial charge in [0, 0.05) is 11.6 Å². The highest BCUT2D eigenvalue weighted by molar-refractivity contribution is 7.91. The number of amides is 1. The number of hydrogen-bond donors (Lipinski definition) is 3. The third kappa shape index (κ3) is 5.30. The third-order valence-electron chi connectivity index (χ3n) is 4.53. The lowest BCUT2D eigenvalue weighted by atomic mass is 9.90. The summed E-state index contributed by atoms with van der Waals surface area (Å²) in [5, 5.41) is 15.0. The molecule has 0 aliphatic rings. The molecule has 0 unspecified atom stereocenters. The predicted molar refractivity (Wildman–Crippen MR) is 114 cm³/mol. The molecule has 0 aliphatic heterocycles. The van der Waals surface area contributed by atoms with Crippen molar-refractivity contribution in [2.75, 3.05) is 5.32 Å².